The second kappa shape index (κ2) is 8.09. The van der Waals surface area contributed by atoms with Crippen molar-refractivity contribution in [1.82, 2.24) is 15.1 Å². The van der Waals surface area contributed by atoms with Crippen LogP contribution in [0.1, 0.15) is 57.0 Å². The molecule has 102 valence electrons. The second-order valence-electron chi connectivity index (χ2n) is 4.76. The fourth-order valence-corrected chi connectivity index (χ4v) is 2.18. The van der Waals surface area contributed by atoms with Crippen LogP contribution in [0.3, 0.4) is 0 Å². The van der Waals surface area contributed by atoms with Crippen molar-refractivity contribution in [2.45, 2.75) is 52.0 Å². The zero-order chi connectivity index (χ0) is 13.4. The third kappa shape index (κ3) is 4.30. The lowest BCUT2D eigenvalue weighted by Crippen LogP contribution is -2.24. The summed E-state index contributed by atoms with van der Waals surface area (Å²) in [5.41, 5.74) is 2.49. The van der Waals surface area contributed by atoms with Crippen molar-refractivity contribution in [3.05, 3.63) is 30.1 Å². The monoisotopic (exact) mass is 249 g/mol. The zero-order valence-corrected chi connectivity index (χ0v) is 12.1. The minimum atomic E-state index is 0.419. The molecule has 1 heterocycles. The average molecular weight is 249 g/mol. The van der Waals surface area contributed by atoms with Crippen molar-refractivity contribution in [3.8, 4) is 0 Å². The van der Waals surface area contributed by atoms with E-state index >= 15 is 0 Å². The van der Waals surface area contributed by atoms with Crippen LogP contribution in [0, 0.1) is 0 Å². The van der Waals surface area contributed by atoms with Crippen LogP contribution in [0.2, 0.25) is 0 Å². The van der Waals surface area contributed by atoms with Crippen LogP contribution in [0.25, 0.3) is 0 Å². The van der Waals surface area contributed by atoms with Gasteiger partial charge in [0.1, 0.15) is 0 Å². The predicted octanol–water partition coefficient (Wildman–Crippen LogP) is 3.38. The van der Waals surface area contributed by atoms with Crippen LogP contribution in [0.5, 0.6) is 0 Å². The Morgan fingerprint density at radius 3 is 2.83 bits per heavy atom. The lowest BCUT2D eigenvalue weighted by Gasteiger charge is -2.18. The maximum absolute atomic E-state index is 4.54. The highest BCUT2D eigenvalue weighted by Crippen LogP contribution is 2.20. The average Bonchev–Trinajstić information content (AvgIpc) is 2.75. The summed E-state index contributed by atoms with van der Waals surface area (Å²) in [5, 5.41) is 8.17. The normalized spacial score (nSPS) is 12.6. The van der Waals surface area contributed by atoms with Gasteiger partial charge in [0.25, 0.3) is 0 Å². The van der Waals surface area contributed by atoms with Crippen molar-refractivity contribution >= 4 is 0 Å². The molecule has 18 heavy (non-hydrogen) atoms. The SMILES string of the molecule is C=CCCCC(NCCC)c1cc(CC)nn1C. The summed E-state index contributed by atoms with van der Waals surface area (Å²) in [7, 11) is 2.04. The van der Waals surface area contributed by atoms with Crippen LogP contribution in [-0.2, 0) is 13.5 Å². The van der Waals surface area contributed by atoms with E-state index in [0.29, 0.717) is 6.04 Å². The van der Waals surface area contributed by atoms with E-state index in [1.54, 1.807) is 0 Å². The molecule has 0 fully saturated rings. The number of hydrogen-bond donors (Lipinski definition) is 1. The molecule has 1 N–H and O–H groups in total. The minimum Gasteiger partial charge on any atom is -0.309 e. The smallest absolute Gasteiger partial charge is 0.0625 e. The molecular formula is C15H27N3. The summed E-state index contributed by atoms with van der Waals surface area (Å²) in [6.45, 7) is 9.20. The van der Waals surface area contributed by atoms with Crippen LogP contribution >= 0.6 is 0 Å². The van der Waals surface area contributed by atoms with Gasteiger partial charge in [0.2, 0.25) is 0 Å². The highest BCUT2D eigenvalue weighted by molar-refractivity contribution is 5.14. The molecule has 0 aliphatic heterocycles. The summed E-state index contributed by atoms with van der Waals surface area (Å²) < 4.78 is 2.03. The van der Waals surface area contributed by atoms with Gasteiger partial charge < -0.3 is 5.32 Å². The van der Waals surface area contributed by atoms with Gasteiger partial charge in [-0.1, -0.05) is 19.9 Å². The summed E-state index contributed by atoms with van der Waals surface area (Å²) in [6, 6.07) is 2.66. The first-order valence-electron chi connectivity index (χ1n) is 7.10. The van der Waals surface area contributed by atoms with Crippen LogP contribution < -0.4 is 5.32 Å². The van der Waals surface area contributed by atoms with Crippen molar-refractivity contribution in [2.75, 3.05) is 6.54 Å². The van der Waals surface area contributed by atoms with Crippen molar-refractivity contribution < 1.29 is 0 Å². The van der Waals surface area contributed by atoms with Gasteiger partial charge >= 0.3 is 0 Å². The minimum absolute atomic E-state index is 0.419. The summed E-state index contributed by atoms with van der Waals surface area (Å²) in [6.07, 6.45) is 7.57. The quantitative estimate of drug-likeness (QED) is 0.537. The summed E-state index contributed by atoms with van der Waals surface area (Å²) >= 11 is 0. The molecule has 0 amide bonds. The first-order chi connectivity index (χ1) is 8.72. The number of aromatic nitrogens is 2. The van der Waals surface area contributed by atoms with Gasteiger partial charge in [-0.3, -0.25) is 4.68 Å². The fraction of sp³-hybridized carbons (Fsp3) is 0.667. The van der Waals surface area contributed by atoms with Crippen LogP contribution in [0.15, 0.2) is 18.7 Å². The van der Waals surface area contributed by atoms with E-state index in [9.17, 15) is 0 Å². The number of allylic oxidation sites excluding steroid dienone is 1. The van der Waals surface area contributed by atoms with E-state index in [0.717, 1.165) is 32.2 Å². The number of nitrogens with one attached hydrogen (secondary N) is 1. The van der Waals surface area contributed by atoms with Crippen LogP contribution in [-0.4, -0.2) is 16.3 Å². The third-order valence-corrected chi connectivity index (χ3v) is 3.23. The van der Waals surface area contributed by atoms with E-state index in [1.807, 2.05) is 17.8 Å². The van der Waals surface area contributed by atoms with Gasteiger partial charge in [0.05, 0.1) is 11.4 Å². The van der Waals surface area contributed by atoms with Gasteiger partial charge in [0.15, 0.2) is 0 Å². The van der Waals surface area contributed by atoms with E-state index in [4.69, 9.17) is 0 Å². The molecule has 1 unspecified atom stereocenters. The number of hydrogen-bond acceptors (Lipinski definition) is 2. The molecule has 0 aromatic carbocycles. The number of nitrogens with zero attached hydrogens (tertiary/aromatic N) is 2. The molecule has 0 radical (unpaired) electrons. The van der Waals surface area contributed by atoms with E-state index < -0.39 is 0 Å². The Labute approximate surface area is 111 Å². The topological polar surface area (TPSA) is 29.9 Å². The molecule has 3 heteroatoms. The molecule has 0 saturated carbocycles. The molecule has 3 nitrogen and oxygen atoms in total. The predicted molar refractivity (Wildman–Crippen MR) is 77.7 cm³/mol. The maximum Gasteiger partial charge on any atom is 0.0625 e. The number of aryl methyl sites for hydroxylation is 2. The summed E-state index contributed by atoms with van der Waals surface area (Å²) in [5.74, 6) is 0. The molecule has 1 aromatic heterocycles. The van der Waals surface area contributed by atoms with Crippen molar-refractivity contribution in [2.24, 2.45) is 7.05 Å². The largest absolute Gasteiger partial charge is 0.309 e. The van der Waals surface area contributed by atoms with Crippen molar-refractivity contribution in [3.63, 3.8) is 0 Å². The molecular weight excluding hydrogens is 222 g/mol. The lowest BCUT2D eigenvalue weighted by atomic mass is 10.1. The number of unbranched alkanes of at least 4 members (excludes halogenated alkanes) is 1. The molecule has 1 aromatic rings. The highest BCUT2D eigenvalue weighted by Gasteiger charge is 2.15. The Balaban J connectivity index is 2.72. The fourth-order valence-electron chi connectivity index (χ4n) is 2.18. The molecule has 1 atom stereocenters. The van der Waals surface area contributed by atoms with Gasteiger partial charge in [-0.2, -0.15) is 5.10 Å². The van der Waals surface area contributed by atoms with E-state index in [1.165, 1.54) is 17.8 Å². The molecule has 0 aliphatic carbocycles. The standard InChI is InChI=1S/C15H27N3/c1-5-8-9-10-14(16-11-6-2)15-12-13(7-3)17-18(15)4/h5,12,14,16H,1,6-11H2,2-4H3. The molecule has 1 rings (SSSR count). The first-order valence-corrected chi connectivity index (χ1v) is 7.10. The Kier molecular flexibility index (Phi) is 6.73. The second-order valence-corrected chi connectivity index (χ2v) is 4.76. The van der Waals surface area contributed by atoms with Gasteiger partial charge in [-0.25, -0.2) is 0 Å². The Hall–Kier alpha value is -1.09. The Morgan fingerprint density at radius 2 is 2.28 bits per heavy atom. The maximum atomic E-state index is 4.54. The Morgan fingerprint density at radius 1 is 1.50 bits per heavy atom. The van der Waals surface area contributed by atoms with Crippen molar-refractivity contribution in [1.29, 1.82) is 0 Å². The zero-order valence-electron chi connectivity index (χ0n) is 12.1. The van der Waals surface area contributed by atoms with Gasteiger partial charge in [0, 0.05) is 13.1 Å². The number of rotatable bonds is 9. The molecule has 0 bridgehead atoms. The third-order valence-electron chi connectivity index (χ3n) is 3.23. The first kappa shape index (κ1) is 15.0. The summed E-state index contributed by atoms with van der Waals surface area (Å²) in [4.78, 5) is 0. The molecule has 0 saturated heterocycles. The Bertz CT molecular complexity index is 355. The van der Waals surface area contributed by atoms with E-state index in [2.05, 4.69) is 36.9 Å². The lowest BCUT2D eigenvalue weighted by molar-refractivity contribution is 0.457. The van der Waals surface area contributed by atoms with Gasteiger partial charge in [-0.05, 0) is 44.7 Å². The highest BCUT2D eigenvalue weighted by atomic mass is 15.3. The van der Waals surface area contributed by atoms with E-state index in [-0.39, 0.29) is 0 Å². The molecule has 0 spiro atoms. The van der Waals surface area contributed by atoms with Crippen LogP contribution in [0.4, 0.5) is 0 Å². The van der Waals surface area contributed by atoms with Gasteiger partial charge in [-0.15, -0.1) is 6.58 Å². The molecule has 0 aliphatic rings.